The van der Waals surface area contributed by atoms with Crippen molar-refractivity contribution in [3.8, 4) is 0 Å². The lowest BCUT2D eigenvalue weighted by molar-refractivity contribution is 0.584. The van der Waals surface area contributed by atoms with Crippen molar-refractivity contribution in [3.63, 3.8) is 0 Å². The predicted molar refractivity (Wildman–Crippen MR) is 91.1 cm³/mol. The summed E-state index contributed by atoms with van der Waals surface area (Å²) < 4.78 is 27.5. The summed E-state index contributed by atoms with van der Waals surface area (Å²) >= 11 is 5.01. The molecule has 114 valence electrons. The number of thiophene rings is 1. The number of nitrogen functional groups attached to an aromatic ring is 1. The third kappa shape index (κ3) is 4.19. The zero-order valence-corrected chi connectivity index (χ0v) is 14.6. The Morgan fingerprint density at radius 2 is 2.10 bits per heavy atom. The Morgan fingerprint density at radius 3 is 2.71 bits per heavy atom. The van der Waals surface area contributed by atoms with Gasteiger partial charge in [0.05, 0.1) is 16.3 Å². The molecule has 0 aliphatic heterocycles. The highest BCUT2D eigenvalue weighted by Gasteiger charge is 2.14. The van der Waals surface area contributed by atoms with Crippen LogP contribution in [0.5, 0.6) is 0 Å². The van der Waals surface area contributed by atoms with Gasteiger partial charge in [-0.1, -0.05) is 6.92 Å². The molecule has 1 aromatic heterocycles. The summed E-state index contributed by atoms with van der Waals surface area (Å²) in [7, 11) is -3.48. The van der Waals surface area contributed by atoms with Gasteiger partial charge in [0.1, 0.15) is 0 Å². The van der Waals surface area contributed by atoms with Crippen molar-refractivity contribution in [2.75, 3.05) is 17.6 Å². The van der Waals surface area contributed by atoms with Crippen LogP contribution < -0.4 is 15.8 Å². The maximum Gasteiger partial charge on any atom is 0.240 e. The van der Waals surface area contributed by atoms with Gasteiger partial charge in [0.25, 0.3) is 0 Å². The largest absolute Gasteiger partial charge is 0.397 e. The van der Waals surface area contributed by atoms with Crippen LogP contribution in [0.4, 0.5) is 11.4 Å². The fraction of sp³-hybridized carbons (Fsp3) is 0.231. The summed E-state index contributed by atoms with van der Waals surface area (Å²) in [6.07, 6.45) is 0. The fourth-order valence-electron chi connectivity index (χ4n) is 1.76. The van der Waals surface area contributed by atoms with Gasteiger partial charge in [0, 0.05) is 27.8 Å². The smallest absolute Gasteiger partial charge is 0.240 e. The molecule has 0 unspecified atom stereocenters. The van der Waals surface area contributed by atoms with Crippen LogP contribution in [0.15, 0.2) is 39.0 Å². The van der Waals surface area contributed by atoms with Crippen LogP contribution in [0.2, 0.25) is 0 Å². The first-order valence-electron chi connectivity index (χ1n) is 6.28. The van der Waals surface area contributed by atoms with Crippen molar-refractivity contribution < 1.29 is 8.42 Å². The summed E-state index contributed by atoms with van der Waals surface area (Å²) in [5, 5.41) is 5.16. The maximum atomic E-state index is 12.0. The van der Waals surface area contributed by atoms with E-state index in [4.69, 9.17) is 5.73 Å². The van der Waals surface area contributed by atoms with Gasteiger partial charge in [-0.05, 0) is 40.2 Å². The first-order chi connectivity index (χ1) is 9.92. The SMILES string of the molecule is CCNS(=O)(=O)c1ccc(N)c(NCc2cc(Br)cs2)c1. The number of benzene rings is 1. The van der Waals surface area contributed by atoms with E-state index >= 15 is 0 Å². The van der Waals surface area contributed by atoms with Gasteiger partial charge in [0.15, 0.2) is 0 Å². The number of sulfonamides is 1. The summed E-state index contributed by atoms with van der Waals surface area (Å²) in [6.45, 7) is 2.67. The second-order valence-electron chi connectivity index (χ2n) is 4.34. The molecule has 0 aliphatic carbocycles. The molecule has 4 N–H and O–H groups in total. The zero-order chi connectivity index (χ0) is 15.5. The van der Waals surface area contributed by atoms with E-state index in [9.17, 15) is 8.42 Å². The molecule has 0 atom stereocenters. The number of nitrogens with two attached hydrogens (primary N) is 1. The molecule has 1 aromatic carbocycles. The van der Waals surface area contributed by atoms with Gasteiger partial charge < -0.3 is 11.1 Å². The number of hydrogen-bond acceptors (Lipinski definition) is 5. The van der Waals surface area contributed by atoms with E-state index in [1.165, 1.54) is 6.07 Å². The van der Waals surface area contributed by atoms with Gasteiger partial charge in [-0.25, -0.2) is 13.1 Å². The van der Waals surface area contributed by atoms with Crippen molar-refractivity contribution >= 4 is 48.7 Å². The molecule has 0 amide bonds. The Bertz CT molecular complexity index is 729. The highest BCUT2D eigenvalue weighted by molar-refractivity contribution is 9.10. The van der Waals surface area contributed by atoms with Crippen LogP contribution in [0.25, 0.3) is 0 Å². The molecule has 0 fully saturated rings. The van der Waals surface area contributed by atoms with Gasteiger partial charge in [-0.3, -0.25) is 0 Å². The number of anilines is 2. The summed E-state index contributed by atoms with van der Waals surface area (Å²) in [5.41, 5.74) is 7.02. The van der Waals surface area contributed by atoms with Crippen molar-refractivity contribution in [1.82, 2.24) is 4.72 Å². The van der Waals surface area contributed by atoms with Crippen molar-refractivity contribution in [2.45, 2.75) is 18.4 Å². The molecule has 5 nitrogen and oxygen atoms in total. The van der Waals surface area contributed by atoms with Crippen LogP contribution in [-0.2, 0) is 16.6 Å². The molecule has 2 aromatic rings. The minimum atomic E-state index is -3.48. The average molecular weight is 390 g/mol. The van der Waals surface area contributed by atoms with Crippen molar-refractivity contribution in [1.29, 1.82) is 0 Å². The Balaban J connectivity index is 2.19. The zero-order valence-electron chi connectivity index (χ0n) is 11.4. The molecule has 2 rings (SSSR count). The van der Waals surface area contributed by atoms with Gasteiger partial charge in [-0.15, -0.1) is 11.3 Å². The molecule has 0 aliphatic rings. The lowest BCUT2D eigenvalue weighted by atomic mass is 10.2. The topological polar surface area (TPSA) is 84.2 Å². The minimum Gasteiger partial charge on any atom is -0.397 e. The van der Waals surface area contributed by atoms with Crippen LogP contribution >= 0.6 is 27.3 Å². The van der Waals surface area contributed by atoms with Crippen LogP contribution in [0.3, 0.4) is 0 Å². The van der Waals surface area contributed by atoms with E-state index in [0.717, 1.165) is 9.35 Å². The molecule has 8 heteroatoms. The van der Waals surface area contributed by atoms with E-state index in [0.29, 0.717) is 24.5 Å². The summed E-state index contributed by atoms with van der Waals surface area (Å²) in [5.74, 6) is 0. The highest BCUT2D eigenvalue weighted by atomic mass is 79.9. The lowest BCUT2D eigenvalue weighted by Gasteiger charge is -2.11. The second kappa shape index (κ2) is 6.78. The van der Waals surface area contributed by atoms with Gasteiger partial charge >= 0.3 is 0 Å². The van der Waals surface area contributed by atoms with Crippen LogP contribution in [0.1, 0.15) is 11.8 Å². The maximum absolute atomic E-state index is 12.0. The van der Waals surface area contributed by atoms with Crippen LogP contribution in [-0.4, -0.2) is 15.0 Å². The highest BCUT2D eigenvalue weighted by Crippen LogP contribution is 2.25. The molecule has 0 saturated carbocycles. The van der Waals surface area contributed by atoms with Crippen molar-refractivity contribution in [3.05, 3.63) is 39.0 Å². The standard InChI is InChI=1S/C13H16BrN3O2S2/c1-2-17-21(18,19)11-3-4-12(15)13(6-11)16-7-10-5-9(14)8-20-10/h3-6,8,16-17H,2,7,15H2,1H3. The van der Waals surface area contributed by atoms with E-state index in [1.54, 1.807) is 30.4 Å². The second-order valence-corrected chi connectivity index (χ2v) is 8.01. The molecule has 0 bridgehead atoms. The molecule has 21 heavy (non-hydrogen) atoms. The first-order valence-corrected chi connectivity index (χ1v) is 9.44. The fourth-order valence-corrected chi connectivity index (χ4v) is 4.22. The number of hydrogen-bond donors (Lipinski definition) is 3. The third-order valence-corrected chi connectivity index (χ3v) is 5.99. The first kappa shape index (κ1) is 16.3. The predicted octanol–water partition coefficient (Wildman–Crippen LogP) is 3.00. The Hall–Kier alpha value is -1.09. The van der Waals surface area contributed by atoms with Crippen LogP contribution in [0, 0.1) is 0 Å². The van der Waals surface area contributed by atoms with Gasteiger partial charge in [-0.2, -0.15) is 0 Å². The van der Waals surface area contributed by atoms with E-state index < -0.39 is 10.0 Å². The Morgan fingerprint density at radius 1 is 1.33 bits per heavy atom. The summed E-state index contributed by atoms with van der Waals surface area (Å²) in [6, 6.07) is 6.65. The van der Waals surface area contributed by atoms with E-state index in [1.807, 2.05) is 11.4 Å². The quantitative estimate of drug-likeness (QED) is 0.662. The minimum absolute atomic E-state index is 0.202. The Labute approximate surface area is 136 Å². The average Bonchev–Trinajstić information content (AvgIpc) is 2.83. The molecule has 1 heterocycles. The van der Waals surface area contributed by atoms with E-state index in [-0.39, 0.29) is 4.90 Å². The Kier molecular flexibility index (Phi) is 5.26. The normalized spacial score (nSPS) is 11.5. The summed E-state index contributed by atoms with van der Waals surface area (Å²) in [4.78, 5) is 1.33. The number of halogens is 1. The number of rotatable bonds is 6. The molecular weight excluding hydrogens is 374 g/mol. The molecule has 0 spiro atoms. The molecule has 0 radical (unpaired) electrons. The number of nitrogens with one attached hydrogen (secondary N) is 2. The third-order valence-electron chi connectivity index (χ3n) is 2.74. The monoisotopic (exact) mass is 389 g/mol. The van der Waals surface area contributed by atoms with Gasteiger partial charge in [0.2, 0.25) is 10.0 Å². The van der Waals surface area contributed by atoms with Crippen molar-refractivity contribution in [2.24, 2.45) is 0 Å². The molecular formula is C13H16BrN3O2S2. The lowest BCUT2D eigenvalue weighted by Crippen LogP contribution is -2.23. The molecule has 0 saturated heterocycles. The van der Waals surface area contributed by atoms with E-state index in [2.05, 4.69) is 26.0 Å².